The molecule has 2 aliphatic rings. The monoisotopic (exact) mass is 541 g/mol. The summed E-state index contributed by atoms with van der Waals surface area (Å²) < 4.78 is 51.7. The van der Waals surface area contributed by atoms with Crippen LogP contribution in [0.2, 0.25) is 0 Å². The number of hydrogen-bond acceptors (Lipinski definition) is 9. The number of halogens is 1. The lowest BCUT2D eigenvalue weighted by Gasteiger charge is -2.25. The molecule has 0 amide bonds. The van der Waals surface area contributed by atoms with Gasteiger partial charge in [-0.1, -0.05) is 18.2 Å². The van der Waals surface area contributed by atoms with Gasteiger partial charge in [-0.2, -0.15) is 5.09 Å². The number of carbonyl (C=O) groups is 1. The van der Waals surface area contributed by atoms with E-state index in [9.17, 15) is 24.1 Å². The molecular weight excluding hydrogens is 512 g/mol. The van der Waals surface area contributed by atoms with Crippen molar-refractivity contribution in [2.24, 2.45) is 5.92 Å². The van der Waals surface area contributed by atoms with E-state index in [4.69, 9.17) is 18.5 Å². The summed E-state index contributed by atoms with van der Waals surface area (Å²) in [6, 6.07) is 7.95. The smallest absolute Gasteiger partial charge is 0.459 e. The Kier molecular flexibility index (Phi) is 8.00. The van der Waals surface area contributed by atoms with Gasteiger partial charge >= 0.3 is 19.4 Å². The predicted octanol–water partition coefficient (Wildman–Crippen LogP) is 1.66. The first-order valence-corrected chi connectivity index (χ1v) is 13.3. The number of para-hydroxylation sites is 1. The van der Waals surface area contributed by atoms with E-state index < -0.39 is 61.7 Å². The third kappa shape index (κ3) is 6.55. The fourth-order valence-electron chi connectivity index (χ4n) is 3.74. The number of aliphatic hydroxyl groups is 1. The van der Waals surface area contributed by atoms with Gasteiger partial charge in [0, 0.05) is 12.3 Å². The van der Waals surface area contributed by atoms with Gasteiger partial charge in [-0.05, 0) is 44.7 Å². The molecule has 2 fully saturated rings. The van der Waals surface area contributed by atoms with Crippen LogP contribution in [0.25, 0.3) is 0 Å². The summed E-state index contributed by atoms with van der Waals surface area (Å²) in [7, 11) is -4.29. The van der Waals surface area contributed by atoms with Crippen LogP contribution in [-0.4, -0.2) is 57.8 Å². The number of aromatic nitrogens is 2. The second kappa shape index (κ2) is 10.9. The zero-order valence-corrected chi connectivity index (χ0v) is 21.1. The SMILES string of the molecule is C[C@H](NP(=O)(OC[C@H]1O[C@@H](n2ccc(=O)[nH]c2=O)C(C)(F)[C@@H]1O)Oc1ccccc1)C(=O)OCC1CC1. The van der Waals surface area contributed by atoms with Crippen LogP contribution in [0, 0.1) is 5.92 Å². The maximum absolute atomic E-state index is 15.5. The molecule has 1 saturated carbocycles. The first-order valence-electron chi connectivity index (χ1n) is 11.8. The van der Waals surface area contributed by atoms with Crippen molar-refractivity contribution < 1.29 is 37.4 Å². The summed E-state index contributed by atoms with van der Waals surface area (Å²) in [6.45, 7) is 2.09. The zero-order chi connectivity index (χ0) is 26.8. The average Bonchev–Trinajstić information content (AvgIpc) is 3.64. The van der Waals surface area contributed by atoms with E-state index in [-0.39, 0.29) is 12.4 Å². The number of nitrogens with zero attached hydrogens (tertiary/aromatic N) is 1. The van der Waals surface area contributed by atoms with Crippen LogP contribution in [0.1, 0.15) is 32.9 Å². The molecule has 12 nitrogen and oxygen atoms in total. The number of nitrogens with one attached hydrogen (secondary N) is 2. The van der Waals surface area contributed by atoms with Gasteiger partial charge in [0.05, 0.1) is 13.2 Å². The quantitative estimate of drug-likeness (QED) is 0.282. The van der Waals surface area contributed by atoms with Gasteiger partial charge < -0.3 is 19.1 Å². The molecule has 2 aromatic rings. The Bertz CT molecular complexity index is 1260. The lowest BCUT2D eigenvalue weighted by molar-refractivity contribution is -0.145. The van der Waals surface area contributed by atoms with E-state index in [1.807, 2.05) is 4.98 Å². The Morgan fingerprint density at radius 1 is 1.30 bits per heavy atom. The Labute approximate surface area is 211 Å². The van der Waals surface area contributed by atoms with Crippen LogP contribution >= 0.6 is 7.75 Å². The lowest BCUT2D eigenvalue weighted by Crippen LogP contribution is -2.43. The summed E-state index contributed by atoms with van der Waals surface area (Å²) in [6.07, 6.45) is -1.79. The number of esters is 1. The van der Waals surface area contributed by atoms with Crippen LogP contribution in [0.5, 0.6) is 5.75 Å². The van der Waals surface area contributed by atoms with E-state index in [1.165, 1.54) is 19.1 Å². The minimum atomic E-state index is -4.29. The molecule has 2 unspecified atom stereocenters. The topological polar surface area (TPSA) is 158 Å². The molecule has 14 heteroatoms. The highest BCUT2D eigenvalue weighted by atomic mass is 31.2. The van der Waals surface area contributed by atoms with E-state index in [0.717, 1.165) is 36.6 Å². The van der Waals surface area contributed by atoms with Crippen molar-refractivity contribution in [3.8, 4) is 5.75 Å². The predicted molar refractivity (Wildman–Crippen MR) is 128 cm³/mol. The molecule has 37 heavy (non-hydrogen) atoms. The minimum absolute atomic E-state index is 0.165. The number of rotatable bonds is 11. The second-order valence-corrected chi connectivity index (χ2v) is 11.0. The Hall–Kier alpha value is -2.83. The van der Waals surface area contributed by atoms with Crippen LogP contribution in [-0.2, 0) is 23.4 Å². The highest BCUT2D eigenvalue weighted by molar-refractivity contribution is 7.52. The summed E-state index contributed by atoms with van der Waals surface area (Å²) >= 11 is 0. The molecule has 0 bridgehead atoms. The molecule has 1 aromatic heterocycles. The molecular formula is C23H29FN3O9P. The Morgan fingerprint density at radius 2 is 2.00 bits per heavy atom. The van der Waals surface area contributed by atoms with Crippen LogP contribution in [0.15, 0.2) is 52.2 Å². The van der Waals surface area contributed by atoms with Gasteiger partial charge in [-0.15, -0.1) is 0 Å². The van der Waals surface area contributed by atoms with E-state index in [0.29, 0.717) is 5.92 Å². The maximum atomic E-state index is 15.5. The van der Waals surface area contributed by atoms with Crippen LogP contribution in [0.3, 0.4) is 0 Å². The molecule has 6 atom stereocenters. The summed E-state index contributed by atoms with van der Waals surface area (Å²) in [5.41, 5.74) is -4.10. The highest BCUT2D eigenvalue weighted by Gasteiger charge is 2.56. The lowest BCUT2D eigenvalue weighted by atomic mass is 9.98. The summed E-state index contributed by atoms with van der Waals surface area (Å²) in [5.74, 6) is -0.158. The number of carbonyl (C=O) groups excluding carboxylic acids is 1. The van der Waals surface area contributed by atoms with Gasteiger partial charge in [0.1, 0.15) is 24.0 Å². The molecule has 3 N–H and O–H groups in total. The van der Waals surface area contributed by atoms with Crippen molar-refractivity contribution in [2.75, 3.05) is 13.2 Å². The Morgan fingerprint density at radius 3 is 2.65 bits per heavy atom. The number of alkyl halides is 1. The largest absolute Gasteiger partial charge is 0.464 e. The molecule has 4 rings (SSSR count). The number of ether oxygens (including phenoxy) is 2. The number of aliphatic hydroxyl groups excluding tert-OH is 1. The molecule has 202 valence electrons. The first-order chi connectivity index (χ1) is 17.5. The van der Waals surface area contributed by atoms with E-state index in [1.54, 1.807) is 18.2 Å². The number of hydrogen-bond donors (Lipinski definition) is 3. The molecule has 1 saturated heterocycles. The van der Waals surface area contributed by atoms with Crippen molar-refractivity contribution in [1.82, 2.24) is 14.6 Å². The fraction of sp³-hybridized carbons (Fsp3) is 0.522. The number of aromatic amines is 1. The molecule has 2 heterocycles. The normalized spacial score (nSPS) is 27.8. The minimum Gasteiger partial charge on any atom is -0.464 e. The van der Waals surface area contributed by atoms with Gasteiger partial charge in [0.15, 0.2) is 11.9 Å². The molecule has 0 radical (unpaired) electrons. The third-order valence-electron chi connectivity index (χ3n) is 6.06. The van der Waals surface area contributed by atoms with Crippen molar-refractivity contribution in [3.63, 3.8) is 0 Å². The number of benzene rings is 1. The zero-order valence-electron chi connectivity index (χ0n) is 20.2. The summed E-state index contributed by atoms with van der Waals surface area (Å²) in [4.78, 5) is 37.9. The van der Waals surface area contributed by atoms with Crippen molar-refractivity contribution in [2.45, 2.75) is 56.8 Å². The van der Waals surface area contributed by atoms with Crippen molar-refractivity contribution in [3.05, 3.63) is 63.4 Å². The summed E-state index contributed by atoms with van der Waals surface area (Å²) in [5, 5.41) is 13.1. The Balaban J connectivity index is 1.48. The highest BCUT2D eigenvalue weighted by Crippen LogP contribution is 2.47. The number of H-pyrrole nitrogens is 1. The van der Waals surface area contributed by atoms with E-state index >= 15 is 4.39 Å². The van der Waals surface area contributed by atoms with Crippen molar-refractivity contribution in [1.29, 1.82) is 0 Å². The van der Waals surface area contributed by atoms with Crippen molar-refractivity contribution >= 4 is 13.7 Å². The second-order valence-electron chi connectivity index (χ2n) is 9.26. The van der Waals surface area contributed by atoms with Gasteiger partial charge in [0.2, 0.25) is 0 Å². The standard InChI is InChI=1S/C23H29FN3O9P/c1-14(20(30)33-12-15-8-9-15)26-37(32,36-16-6-4-3-5-7-16)34-13-17-19(29)23(2,24)21(35-17)27-11-10-18(28)25-22(27)31/h3-7,10-11,14-15,17,19,21,29H,8-9,12-13H2,1-2H3,(H,26,32)(H,25,28,31)/t14-,17+,19+,21+,23?,37?/m0/s1. The van der Waals surface area contributed by atoms with Gasteiger partial charge in [0.25, 0.3) is 5.56 Å². The van der Waals surface area contributed by atoms with E-state index in [2.05, 4.69) is 5.09 Å². The molecule has 1 aliphatic heterocycles. The molecule has 1 aliphatic carbocycles. The maximum Gasteiger partial charge on any atom is 0.459 e. The fourth-order valence-corrected chi connectivity index (χ4v) is 5.25. The van der Waals surface area contributed by atoms with Crippen LogP contribution < -0.4 is 20.9 Å². The van der Waals surface area contributed by atoms with Gasteiger partial charge in [-0.25, -0.2) is 13.8 Å². The third-order valence-corrected chi connectivity index (χ3v) is 7.71. The van der Waals surface area contributed by atoms with Gasteiger partial charge in [-0.3, -0.25) is 23.7 Å². The van der Waals surface area contributed by atoms with Crippen LogP contribution in [0.4, 0.5) is 4.39 Å². The molecule has 1 aromatic carbocycles. The first kappa shape index (κ1) is 27.2. The average molecular weight is 541 g/mol. The molecule has 0 spiro atoms.